The third-order valence-electron chi connectivity index (χ3n) is 5.05. The van der Waals surface area contributed by atoms with E-state index in [0.29, 0.717) is 30.4 Å². The number of amides is 1. The zero-order valence-corrected chi connectivity index (χ0v) is 15.9. The number of nitrogens with zero attached hydrogens (tertiary/aromatic N) is 2. The van der Waals surface area contributed by atoms with Gasteiger partial charge in [-0.1, -0.05) is 38.1 Å². The lowest BCUT2D eigenvalue weighted by molar-refractivity contribution is 0.0900. The predicted molar refractivity (Wildman–Crippen MR) is 106 cm³/mol. The highest BCUT2D eigenvalue weighted by Crippen LogP contribution is 2.23. The molecule has 1 amide bonds. The van der Waals surface area contributed by atoms with Gasteiger partial charge in [-0.25, -0.2) is 9.07 Å². The second kappa shape index (κ2) is 7.56. The van der Waals surface area contributed by atoms with Crippen molar-refractivity contribution in [3.05, 3.63) is 77.2 Å². The maximum Gasteiger partial charge on any atom is 0.269 e. The van der Waals surface area contributed by atoms with Crippen LogP contribution in [-0.4, -0.2) is 22.2 Å². The molecule has 5 nitrogen and oxygen atoms in total. The Kier molecular flexibility index (Phi) is 4.96. The van der Waals surface area contributed by atoms with Crippen LogP contribution in [-0.2, 0) is 6.54 Å². The van der Waals surface area contributed by atoms with Crippen molar-refractivity contribution in [2.24, 2.45) is 0 Å². The van der Waals surface area contributed by atoms with E-state index in [2.05, 4.69) is 53.8 Å². The molecule has 0 bridgehead atoms. The lowest BCUT2D eigenvalue weighted by atomic mass is 10.0. The highest BCUT2D eigenvalue weighted by Gasteiger charge is 2.27. The van der Waals surface area contributed by atoms with Crippen LogP contribution in [0.15, 0.2) is 54.6 Å². The number of carbonyl (C=O) groups excluding carboxylic acids is 1. The minimum atomic E-state index is -0.298. The van der Waals surface area contributed by atoms with Crippen LogP contribution in [0.2, 0.25) is 0 Å². The zero-order chi connectivity index (χ0) is 19.7. The molecule has 2 N–H and O–H groups in total. The monoisotopic (exact) mass is 378 g/mol. The maximum absolute atomic E-state index is 13.2. The largest absolute Gasteiger partial charge is 0.347 e. The summed E-state index contributed by atoms with van der Waals surface area (Å²) in [5.41, 5.74) is 4.42. The molecule has 0 fully saturated rings. The standard InChI is InChI=1S/C22H23FN4O/c1-14(2)16-5-3-15(4-6-16)12-24-21-13-25-22(28)20-11-19(26-27(20)21)17-7-9-18(23)10-8-17/h3-11,14,21,24H,12-13H2,1-2H3,(H,25,28)/t21-/m1/s1. The number of aromatic nitrogens is 2. The summed E-state index contributed by atoms with van der Waals surface area (Å²) in [6.45, 7) is 5.48. The number of benzene rings is 2. The van der Waals surface area contributed by atoms with E-state index >= 15 is 0 Å². The van der Waals surface area contributed by atoms with Crippen LogP contribution in [0, 0.1) is 5.82 Å². The molecular formula is C22H23FN4O. The molecule has 0 radical (unpaired) electrons. The molecule has 2 heterocycles. The molecule has 3 aromatic rings. The Hall–Kier alpha value is -2.99. The van der Waals surface area contributed by atoms with Crippen molar-refractivity contribution in [1.82, 2.24) is 20.4 Å². The fourth-order valence-electron chi connectivity index (χ4n) is 3.34. The number of hydrogen-bond donors (Lipinski definition) is 2. The normalized spacial score (nSPS) is 16.1. The first kappa shape index (κ1) is 18.4. The van der Waals surface area contributed by atoms with Crippen LogP contribution in [0.25, 0.3) is 11.3 Å². The molecule has 0 spiro atoms. The van der Waals surface area contributed by atoms with E-state index in [-0.39, 0.29) is 17.9 Å². The molecule has 1 atom stereocenters. The maximum atomic E-state index is 13.2. The molecule has 0 unspecified atom stereocenters. The van der Waals surface area contributed by atoms with Gasteiger partial charge in [0.05, 0.1) is 12.2 Å². The minimum absolute atomic E-state index is 0.147. The lowest BCUT2D eigenvalue weighted by Gasteiger charge is -2.26. The molecule has 0 aliphatic carbocycles. The van der Waals surface area contributed by atoms with Crippen molar-refractivity contribution in [3.8, 4) is 11.3 Å². The quantitative estimate of drug-likeness (QED) is 0.709. The zero-order valence-electron chi connectivity index (χ0n) is 15.9. The van der Waals surface area contributed by atoms with E-state index in [1.807, 2.05) is 0 Å². The van der Waals surface area contributed by atoms with Gasteiger partial charge in [-0.05, 0) is 47.4 Å². The Morgan fingerprint density at radius 2 is 1.89 bits per heavy atom. The highest BCUT2D eigenvalue weighted by molar-refractivity contribution is 5.94. The number of hydrogen-bond acceptors (Lipinski definition) is 3. The van der Waals surface area contributed by atoms with E-state index in [1.54, 1.807) is 22.9 Å². The van der Waals surface area contributed by atoms with Crippen molar-refractivity contribution in [2.45, 2.75) is 32.5 Å². The Labute approximate surface area is 163 Å². The number of nitrogens with one attached hydrogen (secondary N) is 2. The molecule has 6 heteroatoms. The van der Waals surface area contributed by atoms with Crippen molar-refractivity contribution < 1.29 is 9.18 Å². The minimum Gasteiger partial charge on any atom is -0.347 e. The second-order valence-corrected chi connectivity index (χ2v) is 7.37. The topological polar surface area (TPSA) is 58.9 Å². The summed E-state index contributed by atoms with van der Waals surface area (Å²) in [6.07, 6.45) is -0.147. The second-order valence-electron chi connectivity index (χ2n) is 7.37. The van der Waals surface area contributed by atoms with Gasteiger partial charge in [0.1, 0.15) is 17.7 Å². The van der Waals surface area contributed by atoms with Crippen molar-refractivity contribution in [3.63, 3.8) is 0 Å². The first-order valence-corrected chi connectivity index (χ1v) is 9.47. The van der Waals surface area contributed by atoms with Crippen LogP contribution < -0.4 is 10.6 Å². The number of halogens is 1. The molecule has 0 saturated carbocycles. The Bertz CT molecular complexity index is 977. The third kappa shape index (κ3) is 3.68. The molecule has 0 saturated heterocycles. The summed E-state index contributed by atoms with van der Waals surface area (Å²) in [5.74, 6) is 0.0563. The van der Waals surface area contributed by atoms with Gasteiger partial charge in [-0.2, -0.15) is 5.10 Å². The molecule has 1 aliphatic rings. The van der Waals surface area contributed by atoms with E-state index in [0.717, 1.165) is 5.56 Å². The van der Waals surface area contributed by atoms with Gasteiger partial charge in [0.2, 0.25) is 0 Å². The average Bonchev–Trinajstić information content (AvgIpc) is 3.15. The number of rotatable bonds is 5. The molecule has 28 heavy (non-hydrogen) atoms. The average molecular weight is 378 g/mol. The first-order chi connectivity index (χ1) is 13.5. The van der Waals surface area contributed by atoms with Crippen molar-refractivity contribution in [2.75, 3.05) is 6.54 Å². The number of carbonyl (C=O) groups is 1. The van der Waals surface area contributed by atoms with Gasteiger partial charge < -0.3 is 5.32 Å². The summed E-state index contributed by atoms with van der Waals surface area (Å²) in [4.78, 5) is 12.2. The Morgan fingerprint density at radius 1 is 1.18 bits per heavy atom. The van der Waals surface area contributed by atoms with Crippen molar-refractivity contribution >= 4 is 5.91 Å². The smallest absolute Gasteiger partial charge is 0.269 e. The van der Waals surface area contributed by atoms with Crippen molar-refractivity contribution in [1.29, 1.82) is 0 Å². The van der Waals surface area contributed by atoms with E-state index in [9.17, 15) is 9.18 Å². The van der Waals surface area contributed by atoms with Crippen LogP contribution in [0.1, 0.15) is 47.5 Å². The fraction of sp³-hybridized carbons (Fsp3) is 0.273. The fourth-order valence-corrected chi connectivity index (χ4v) is 3.34. The molecule has 2 aromatic carbocycles. The molecule has 1 aliphatic heterocycles. The van der Waals surface area contributed by atoms with Gasteiger partial charge in [0.25, 0.3) is 5.91 Å². The van der Waals surface area contributed by atoms with E-state index in [1.165, 1.54) is 23.3 Å². The van der Waals surface area contributed by atoms with Crippen LogP contribution in [0.5, 0.6) is 0 Å². The summed E-state index contributed by atoms with van der Waals surface area (Å²) < 4.78 is 14.9. The highest BCUT2D eigenvalue weighted by atomic mass is 19.1. The molecule has 4 rings (SSSR count). The van der Waals surface area contributed by atoms with Crippen LogP contribution >= 0.6 is 0 Å². The van der Waals surface area contributed by atoms with E-state index < -0.39 is 0 Å². The molecule has 1 aromatic heterocycles. The van der Waals surface area contributed by atoms with Crippen LogP contribution in [0.3, 0.4) is 0 Å². The molecular weight excluding hydrogens is 355 g/mol. The lowest BCUT2D eigenvalue weighted by Crippen LogP contribution is -2.45. The summed E-state index contributed by atoms with van der Waals surface area (Å²) >= 11 is 0. The Morgan fingerprint density at radius 3 is 2.57 bits per heavy atom. The van der Waals surface area contributed by atoms with Gasteiger partial charge in [0.15, 0.2) is 0 Å². The SMILES string of the molecule is CC(C)c1ccc(CN[C@H]2CNC(=O)c3cc(-c4ccc(F)cc4)nn32)cc1. The summed E-state index contributed by atoms with van der Waals surface area (Å²) in [6, 6.07) is 16.4. The van der Waals surface area contributed by atoms with Crippen LogP contribution in [0.4, 0.5) is 4.39 Å². The van der Waals surface area contributed by atoms with E-state index in [4.69, 9.17) is 0 Å². The summed E-state index contributed by atoms with van der Waals surface area (Å²) in [7, 11) is 0. The third-order valence-corrected chi connectivity index (χ3v) is 5.05. The van der Waals surface area contributed by atoms with Gasteiger partial charge in [-0.3, -0.25) is 10.1 Å². The first-order valence-electron chi connectivity index (χ1n) is 9.47. The Balaban J connectivity index is 1.53. The van der Waals surface area contributed by atoms with Gasteiger partial charge in [0, 0.05) is 12.1 Å². The summed E-state index contributed by atoms with van der Waals surface area (Å²) in [5, 5.41) is 11.0. The predicted octanol–water partition coefficient (Wildman–Crippen LogP) is 3.84. The van der Waals surface area contributed by atoms with Gasteiger partial charge in [-0.15, -0.1) is 0 Å². The molecule has 144 valence electrons. The number of fused-ring (bicyclic) bond motifs is 1. The van der Waals surface area contributed by atoms with Gasteiger partial charge >= 0.3 is 0 Å².